The van der Waals surface area contributed by atoms with Crippen molar-refractivity contribution in [2.45, 2.75) is 25.5 Å². The summed E-state index contributed by atoms with van der Waals surface area (Å²) in [7, 11) is 3.62. The van der Waals surface area contributed by atoms with Gasteiger partial charge in [0.05, 0.1) is 18.8 Å². The van der Waals surface area contributed by atoms with Crippen LogP contribution in [0.1, 0.15) is 13.3 Å². The normalized spacial score (nSPS) is 21.4. The van der Waals surface area contributed by atoms with Crippen molar-refractivity contribution < 1.29 is 14.3 Å². The van der Waals surface area contributed by atoms with Crippen molar-refractivity contribution in [1.29, 1.82) is 0 Å². The molecule has 0 spiro atoms. The van der Waals surface area contributed by atoms with E-state index in [9.17, 15) is 4.79 Å². The molecule has 1 aliphatic rings. The molecule has 0 aromatic carbocycles. The van der Waals surface area contributed by atoms with Gasteiger partial charge in [-0.3, -0.25) is 9.69 Å². The fraction of sp³-hybridized carbons (Fsp3) is 0.923. The molecular formula is C13H27N3O3. The number of methoxy groups -OCH3 is 1. The molecule has 0 bridgehead atoms. The summed E-state index contributed by atoms with van der Waals surface area (Å²) in [5, 5.41) is 6.21. The fourth-order valence-electron chi connectivity index (χ4n) is 1.99. The lowest BCUT2D eigenvalue weighted by Crippen LogP contribution is -2.50. The molecule has 0 radical (unpaired) electrons. The van der Waals surface area contributed by atoms with Crippen LogP contribution in [0, 0.1) is 0 Å². The minimum atomic E-state index is -0.145. The lowest BCUT2D eigenvalue weighted by atomic mass is 10.2. The number of rotatable bonds is 8. The van der Waals surface area contributed by atoms with Crippen LogP contribution in [0.4, 0.5) is 0 Å². The molecule has 2 unspecified atom stereocenters. The van der Waals surface area contributed by atoms with Crippen molar-refractivity contribution >= 4 is 5.91 Å². The van der Waals surface area contributed by atoms with Crippen molar-refractivity contribution in [3.05, 3.63) is 0 Å². The van der Waals surface area contributed by atoms with E-state index in [1.165, 1.54) is 0 Å². The maximum Gasteiger partial charge on any atom is 0.237 e. The van der Waals surface area contributed by atoms with E-state index in [0.717, 1.165) is 32.7 Å². The van der Waals surface area contributed by atoms with E-state index in [2.05, 4.69) is 10.6 Å². The van der Waals surface area contributed by atoms with E-state index in [0.29, 0.717) is 13.2 Å². The summed E-state index contributed by atoms with van der Waals surface area (Å²) in [6, 6.07) is -0.145. The second kappa shape index (κ2) is 9.25. The van der Waals surface area contributed by atoms with Gasteiger partial charge in [-0.15, -0.1) is 0 Å². The number of ether oxygens (including phenoxy) is 2. The first-order valence-corrected chi connectivity index (χ1v) is 6.94. The zero-order chi connectivity index (χ0) is 14.1. The first-order valence-electron chi connectivity index (χ1n) is 6.94. The standard InChI is InChI=1S/C13H27N3O3/c1-11(13(17)15-5-4-7-18-3)16(2)10-12-9-14-6-8-19-12/h11-12,14H,4-10H2,1-3H3,(H,15,17). The van der Waals surface area contributed by atoms with Crippen molar-refractivity contribution in [2.24, 2.45) is 0 Å². The molecular weight excluding hydrogens is 246 g/mol. The van der Waals surface area contributed by atoms with Crippen LogP contribution in [0.3, 0.4) is 0 Å². The molecule has 0 aliphatic carbocycles. The molecule has 1 aliphatic heterocycles. The SMILES string of the molecule is COCCCNC(=O)C(C)N(C)CC1CNCCO1. The molecule has 0 aromatic rings. The van der Waals surface area contributed by atoms with E-state index in [1.54, 1.807) is 7.11 Å². The quantitative estimate of drug-likeness (QED) is 0.581. The third-order valence-electron chi connectivity index (χ3n) is 3.36. The number of morpholine rings is 1. The topological polar surface area (TPSA) is 62.8 Å². The smallest absolute Gasteiger partial charge is 0.237 e. The first kappa shape index (κ1) is 16.4. The number of nitrogens with zero attached hydrogens (tertiary/aromatic N) is 1. The molecule has 6 heteroatoms. The van der Waals surface area contributed by atoms with Gasteiger partial charge in [0.15, 0.2) is 0 Å². The Morgan fingerprint density at radius 2 is 2.42 bits per heavy atom. The Morgan fingerprint density at radius 3 is 3.05 bits per heavy atom. The zero-order valence-electron chi connectivity index (χ0n) is 12.3. The number of carbonyl (C=O) groups is 1. The third kappa shape index (κ3) is 6.33. The lowest BCUT2D eigenvalue weighted by Gasteiger charge is -2.30. The molecule has 2 atom stereocenters. The highest BCUT2D eigenvalue weighted by molar-refractivity contribution is 5.81. The monoisotopic (exact) mass is 273 g/mol. The van der Waals surface area contributed by atoms with Gasteiger partial charge in [0, 0.05) is 39.9 Å². The van der Waals surface area contributed by atoms with Crippen LogP contribution in [-0.4, -0.2) is 76.5 Å². The summed E-state index contributed by atoms with van der Waals surface area (Å²) in [6.07, 6.45) is 1.01. The Kier molecular flexibility index (Phi) is 7.97. The predicted molar refractivity (Wildman–Crippen MR) is 74.2 cm³/mol. The Labute approximate surface area is 115 Å². The molecule has 0 saturated carbocycles. The average Bonchev–Trinajstić information content (AvgIpc) is 2.43. The molecule has 2 N–H and O–H groups in total. The highest BCUT2D eigenvalue weighted by Crippen LogP contribution is 2.02. The van der Waals surface area contributed by atoms with Crippen LogP contribution in [0.2, 0.25) is 0 Å². The summed E-state index contributed by atoms with van der Waals surface area (Å²) in [5.41, 5.74) is 0. The van der Waals surface area contributed by atoms with Crippen molar-refractivity contribution in [3.63, 3.8) is 0 Å². The van der Waals surface area contributed by atoms with Crippen molar-refractivity contribution in [2.75, 3.05) is 53.6 Å². The average molecular weight is 273 g/mol. The highest BCUT2D eigenvalue weighted by Gasteiger charge is 2.22. The van der Waals surface area contributed by atoms with Gasteiger partial charge < -0.3 is 20.1 Å². The minimum absolute atomic E-state index is 0.0578. The molecule has 0 aromatic heterocycles. The van der Waals surface area contributed by atoms with Crippen LogP contribution in [0.5, 0.6) is 0 Å². The fourth-order valence-corrected chi connectivity index (χ4v) is 1.99. The van der Waals surface area contributed by atoms with Gasteiger partial charge >= 0.3 is 0 Å². The molecule has 1 fully saturated rings. The lowest BCUT2D eigenvalue weighted by molar-refractivity contribution is -0.126. The Morgan fingerprint density at radius 1 is 1.63 bits per heavy atom. The second-order valence-electron chi connectivity index (χ2n) is 4.95. The largest absolute Gasteiger partial charge is 0.385 e. The number of likely N-dealkylation sites (N-methyl/N-ethyl adjacent to an activating group) is 1. The van der Waals surface area contributed by atoms with Crippen molar-refractivity contribution in [1.82, 2.24) is 15.5 Å². The maximum absolute atomic E-state index is 11.9. The van der Waals surface area contributed by atoms with Crippen LogP contribution < -0.4 is 10.6 Å². The van der Waals surface area contributed by atoms with Crippen LogP contribution in [0.15, 0.2) is 0 Å². The highest BCUT2D eigenvalue weighted by atomic mass is 16.5. The molecule has 1 heterocycles. The van der Waals surface area contributed by atoms with Gasteiger partial charge in [0.25, 0.3) is 0 Å². The van der Waals surface area contributed by atoms with Gasteiger partial charge in [0.2, 0.25) is 5.91 Å². The van der Waals surface area contributed by atoms with Gasteiger partial charge in [-0.1, -0.05) is 0 Å². The Bertz CT molecular complexity index is 258. The third-order valence-corrected chi connectivity index (χ3v) is 3.36. The van der Waals surface area contributed by atoms with E-state index in [4.69, 9.17) is 9.47 Å². The van der Waals surface area contributed by atoms with Crippen LogP contribution in [0.25, 0.3) is 0 Å². The van der Waals surface area contributed by atoms with Crippen LogP contribution >= 0.6 is 0 Å². The van der Waals surface area contributed by atoms with Gasteiger partial charge in [0.1, 0.15) is 0 Å². The van der Waals surface area contributed by atoms with Gasteiger partial charge in [-0.25, -0.2) is 0 Å². The van der Waals surface area contributed by atoms with E-state index in [-0.39, 0.29) is 18.1 Å². The van der Waals surface area contributed by atoms with E-state index >= 15 is 0 Å². The summed E-state index contributed by atoms with van der Waals surface area (Å²) in [4.78, 5) is 14.0. The number of hydrogen-bond acceptors (Lipinski definition) is 5. The molecule has 112 valence electrons. The molecule has 1 rings (SSSR count). The Hall–Kier alpha value is -0.690. The number of carbonyl (C=O) groups excluding carboxylic acids is 1. The Balaban J connectivity index is 2.21. The first-order chi connectivity index (χ1) is 9.15. The zero-order valence-corrected chi connectivity index (χ0v) is 12.3. The summed E-state index contributed by atoms with van der Waals surface area (Å²) >= 11 is 0. The van der Waals surface area contributed by atoms with Gasteiger partial charge in [-0.05, 0) is 20.4 Å². The predicted octanol–water partition coefficient (Wildman–Crippen LogP) is -0.552. The molecule has 19 heavy (non-hydrogen) atoms. The summed E-state index contributed by atoms with van der Waals surface area (Å²) < 4.78 is 10.6. The van der Waals surface area contributed by atoms with Crippen molar-refractivity contribution in [3.8, 4) is 0 Å². The maximum atomic E-state index is 11.9. The van der Waals surface area contributed by atoms with E-state index < -0.39 is 0 Å². The summed E-state index contributed by atoms with van der Waals surface area (Å²) in [5.74, 6) is 0.0578. The van der Waals surface area contributed by atoms with E-state index in [1.807, 2.05) is 18.9 Å². The molecule has 1 amide bonds. The molecule has 1 saturated heterocycles. The van der Waals surface area contributed by atoms with Crippen LogP contribution in [-0.2, 0) is 14.3 Å². The second-order valence-corrected chi connectivity index (χ2v) is 4.95. The minimum Gasteiger partial charge on any atom is -0.385 e. The number of nitrogens with one attached hydrogen (secondary N) is 2. The van der Waals surface area contributed by atoms with Gasteiger partial charge in [-0.2, -0.15) is 0 Å². The number of hydrogen-bond donors (Lipinski definition) is 2. The molecule has 6 nitrogen and oxygen atoms in total. The summed E-state index contributed by atoms with van der Waals surface area (Å²) in [6.45, 7) is 6.53. The number of amides is 1.